The van der Waals surface area contributed by atoms with Crippen LogP contribution in [-0.2, 0) is 19.8 Å². The molecule has 1 aromatic heterocycles. The van der Waals surface area contributed by atoms with Crippen molar-refractivity contribution in [2.24, 2.45) is 10.9 Å². The van der Waals surface area contributed by atoms with E-state index in [1.54, 1.807) is 14.2 Å². The van der Waals surface area contributed by atoms with E-state index < -0.39 is 0 Å². The maximum atomic E-state index is 13.3. The van der Waals surface area contributed by atoms with E-state index >= 15 is 0 Å². The number of carbonyl (C=O) groups excluding carboxylic acids is 1. The van der Waals surface area contributed by atoms with Gasteiger partial charge in [-0.2, -0.15) is 0 Å². The van der Waals surface area contributed by atoms with Gasteiger partial charge in [0, 0.05) is 25.4 Å². The highest BCUT2D eigenvalue weighted by Crippen LogP contribution is 2.42. The van der Waals surface area contributed by atoms with Gasteiger partial charge in [-0.15, -0.1) is 0 Å². The minimum absolute atomic E-state index is 0.153. The number of methoxy groups -OCH3 is 2. The predicted octanol–water partition coefficient (Wildman–Crippen LogP) is 4.67. The quantitative estimate of drug-likeness (QED) is 0.646. The molecule has 1 unspecified atom stereocenters. The highest BCUT2D eigenvalue weighted by atomic mass is 16.5. The van der Waals surface area contributed by atoms with Gasteiger partial charge in [-0.1, -0.05) is 11.6 Å². The van der Waals surface area contributed by atoms with E-state index in [1.165, 1.54) is 11.3 Å². The van der Waals surface area contributed by atoms with E-state index in [1.807, 2.05) is 37.0 Å². The fourth-order valence-electron chi connectivity index (χ4n) is 5.02. The minimum atomic E-state index is -0.331. The van der Waals surface area contributed by atoms with Crippen LogP contribution in [0.25, 0.3) is 5.70 Å². The van der Waals surface area contributed by atoms with Crippen molar-refractivity contribution >= 4 is 17.3 Å². The number of aliphatic imine (C=N–C) groups is 1. The lowest BCUT2D eigenvalue weighted by Crippen LogP contribution is -2.48. The van der Waals surface area contributed by atoms with Crippen molar-refractivity contribution < 1.29 is 14.3 Å². The first-order chi connectivity index (χ1) is 15.4. The van der Waals surface area contributed by atoms with E-state index in [4.69, 9.17) is 14.5 Å². The summed E-state index contributed by atoms with van der Waals surface area (Å²) in [6.45, 7) is 7.41. The Hall–Kier alpha value is -3.02. The van der Waals surface area contributed by atoms with Crippen LogP contribution in [0.3, 0.4) is 0 Å². The molecular formula is C26H33N3O3. The smallest absolute Gasteiger partial charge is 0.229 e. The van der Waals surface area contributed by atoms with Crippen molar-refractivity contribution in [3.63, 3.8) is 0 Å². The van der Waals surface area contributed by atoms with Gasteiger partial charge in [0.2, 0.25) is 5.91 Å². The molecule has 0 saturated carbocycles. The van der Waals surface area contributed by atoms with Gasteiger partial charge in [0.15, 0.2) is 0 Å². The van der Waals surface area contributed by atoms with E-state index in [0.29, 0.717) is 13.1 Å². The number of ether oxygens (including phenoxy) is 2. The first-order valence-corrected chi connectivity index (χ1v) is 11.3. The van der Waals surface area contributed by atoms with Crippen molar-refractivity contribution in [1.82, 2.24) is 9.47 Å². The van der Waals surface area contributed by atoms with Crippen LogP contribution >= 0.6 is 0 Å². The summed E-state index contributed by atoms with van der Waals surface area (Å²) in [7, 11) is 3.33. The maximum absolute atomic E-state index is 13.3. The Bertz CT molecular complexity index is 1050. The molecular weight excluding hydrogens is 402 g/mol. The average molecular weight is 436 g/mol. The first kappa shape index (κ1) is 22.2. The van der Waals surface area contributed by atoms with Crippen LogP contribution in [0.1, 0.15) is 45.7 Å². The van der Waals surface area contributed by atoms with E-state index in [0.717, 1.165) is 42.2 Å². The summed E-state index contributed by atoms with van der Waals surface area (Å²) in [6, 6.07) is 4.24. The van der Waals surface area contributed by atoms with Gasteiger partial charge in [0.1, 0.15) is 11.3 Å². The number of carbonyl (C=O) groups is 1. The Kier molecular flexibility index (Phi) is 6.13. The molecule has 1 spiro atoms. The molecule has 0 N–H and O–H groups in total. The molecule has 1 atom stereocenters. The molecule has 1 fully saturated rings. The van der Waals surface area contributed by atoms with Gasteiger partial charge in [0.25, 0.3) is 0 Å². The number of nitrogens with zero attached hydrogens (tertiary/aromatic N) is 3. The Labute approximate surface area is 190 Å². The summed E-state index contributed by atoms with van der Waals surface area (Å²) in [5, 5.41) is 0. The van der Waals surface area contributed by atoms with Crippen LogP contribution in [0.5, 0.6) is 0 Å². The van der Waals surface area contributed by atoms with Crippen molar-refractivity contribution in [1.29, 1.82) is 0 Å². The second kappa shape index (κ2) is 8.85. The number of allylic oxidation sites excluding steroid dienone is 6. The molecule has 1 aliphatic carbocycles. The summed E-state index contributed by atoms with van der Waals surface area (Å²) >= 11 is 0. The van der Waals surface area contributed by atoms with E-state index in [-0.39, 0.29) is 17.4 Å². The van der Waals surface area contributed by atoms with Crippen molar-refractivity contribution in [2.75, 3.05) is 27.3 Å². The number of amides is 1. The number of hydrogen-bond acceptors (Lipinski definition) is 4. The third-order valence-corrected chi connectivity index (χ3v) is 6.77. The lowest BCUT2D eigenvalue weighted by Gasteiger charge is -2.43. The molecule has 1 amide bonds. The SMILES string of the molecule is C/C=C1\C(/C=C(\C)OC)=NC2(CCN(C(=O)C3C=C(OC)C=C(C)C3)CC2)c2cccn21. The van der Waals surface area contributed by atoms with Gasteiger partial charge in [0.05, 0.1) is 43.0 Å². The second-order valence-corrected chi connectivity index (χ2v) is 8.82. The number of likely N-dealkylation sites (tertiary alicyclic amines) is 1. The van der Waals surface area contributed by atoms with E-state index in [2.05, 4.69) is 35.9 Å². The summed E-state index contributed by atoms with van der Waals surface area (Å²) in [5.41, 5.74) is 4.03. The van der Waals surface area contributed by atoms with Crippen molar-refractivity contribution in [3.05, 3.63) is 65.4 Å². The summed E-state index contributed by atoms with van der Waals surface area (Å²) in [6.07, 6.45) is 12.5. The number of piperidine rings is 1. The number of rotatable bonds is 4. The summed E-state index contributed by atoms with van der Waals surface area (Å²) < 4.78 is 13.0. The Balaban J connectivity index is 1.59. The number of aromatic nitrogens is 1. The molecule has 2 aliphatic heterocycles. The van der Waals surface area contributed by atoms with Gasteiger partial charge in [-0.05, 0) is 64.3 Å². The van der Waals surface area contributed by atoms with Crippen molar-refractivity contribution in [3.8, 4) is 0 Å². The first-order valence-electron chi connectivity index (χ1n) is 11.3. The third-order valence-electron chi connectivity index (χ3n) is 6.77. The highest BCUT2D eigenvalue weighted by molar-refractivity contribution is 6.25. The van der Waals surface area contributed by atoms with Crippen LogP contribution in [0, 0.1) is 5.92 Å². The molecule has 0 aromatic carbocycles. The largest absolute Gasteiger partial charge is 0.501 e. The van der Waals surface area contributed by atoms with Crippen LogP contribution in [0.15, 0.2) is 64.7 Å². The van der Waals surface area contributed by atoms with Crippen molar-refractivity contribution in [2.45, 2.75) is 45.6 Å². The zero-order valence-corrected chi connectivity index (χ0v) is 19.7. The summed E-state index contributed by atoms with van der Waals surface area (Å²) in [5.74, 6) is 1.63. The zero-order valence-electron chi connectivity index (χ0n) is 19.7. The monoisotopic (exact) mass is 435 g/mol. The van der Waals surface area contributed by atoms with Crippen LogP contribution in [0.2, 0.25) is 0 Å². The van der Waals surface area contributed by atoms with Gasteiger partial charge < -0.3 is 18.9 Å². The van der Waals surface area contributed by atoms with Gasteiger partial charge in [-0.3, -0.25) is 9.79 Å². The third kappa shape index (κ3) is 3.94. The molecule has 1 aromatic rings. The van der Waals surface area contributed by atoms with Crippen LogP contribution < -0.4 is 0 Å². The zero-order chi connectivity index (χ0) is 22.9. The van der Waals surface area contributed by atoms with Crippen LogP contribution in [-0.4, -0.2) is 48.4 Å². The average Bonchev–Trinajstić information content (AvgIpc) is 3.29. The molecule has 32 heavy (non-hydrogen) atoms. The standard InChI is InChI=1S/C26H33N3O3/c1-6-23-22(16-19(3)31-4)27-26(24-8-7-11-29(23)24)9-12-28(13-10-26)25(30)20-14-18(2)15-21(17-20)32-5/h6-8,11,15-17,20H,9-10,12-14H2,1-5H3/b19-16+,23-6+. The summed E-state index contributed by atoms with van der Waals surface area (Å²) in [4.78, 5) is 20.6. The Morgan fingerprint density at radius 3 is 2.69 bits per heavy atom. The Morgan fingerprint density at radius 1 is 1.28 bits per heavy atom. The van der Waals surface area contributed by atoms with Gasteiger partial charge in [-0.25, -0.2) is 0 Å². The Morgan fingerprint density at radius 2 is 2.03 bits per heavy atom. The van der Waals surface area contributed by atoms with E-state index in [9.17, 15) is 4.79 Å². The molecule has 0 radical (unpaired) electrons. The lowest BCUT2D eigenvalue weighted by atomic mass is 9.82. The normalized spacial score (nSPS) is 24.0. The fourth-order valence-corrected chi connectivity index (χ4v) is 5.02. The van der Waals surface area contributed by atoms with Gasteiger partial charge >= 0.3 is 0 Å². The molecule has 6 heteroatoms. The molecule has 3 heterocycles. The minimum Gasteiger partial charge on any atom is -0.501 e. The topological polar surface area (TPSA) is 56.1 Å². The molecule has 6 nitrogen and oxygen atoms in total. The number of fused-ring (bicyclic) bond motifs is 2. The lowest BCUT2D eigenvalue weighted by molar-refractivity contribution is -0.135. The molecule has 3 aliphatic rings. The molecule has 4 rings (SSSR count). The molecule has 1 saturated heterocycles. The molecule has 170 valence electrons. The predicted molar refractivity (Wildman–Crippen MR) is 127 cm³/mol. The second-order valence-electron chi connectivity index (χ2n) is 8.82. The molecule has 0 bridgehead atoms. The maximum Gasteiger partial charge on any atom is 0.229 e. The van der Waals surface area contributed by atoms with Crippen LogP contribution in [0.4, 0.5) is 0 Å². The fraction of sp³-hybridized carbons (Fsp3) is 0.462. The number of hydrogen-bond donors (Lipinski definition) is 0. The highest BCUT2D eigenvalue weighted by Gasteiger charge is 2.43.